The Morgan fingerprint density at radius 3 is 2.79 bits per heavy atom. The molecule has 1 aliphatic heterocycles. The van der Waals surface area contributed by atoms with Gasteiger partial charge in [0.2, 0.25) is 0 Å². The highest BCUT2D eigenvalue weighted by molar-refractivity contribution is 7.07. The van der Waals surface area contributed by atoms with E-state index in [1.54, 1.807) is 11.3 Å². The third-order valence-electron chi connectivity index (χ3n) is 5.11. The van der Waals surface area contributed by atoms with Crippen molar-refractivity contribution < 1.29 is 4.74 Å². The first kappa shape index (κ1) is 15.7. The van der Waals surface area contributed by atoms with Crippen molar-refractivity contribution in [2.75, 3.05) is 20.2 Å². The molecule has 3 heterocycles. The molecule has 3 aromatic rings. The van der Waals surface area contributed by atoms with E-state index in [-0.39, 0.29) is 0 Å². The zero-order valence-electron chi connectivity index (χ0n) is 14.1. The van der Waals surface area contributed by atoms with Crippen molar-refractivity contribution in [2.24, 2.45) is 0 Å². The summed E-state index contributed by atoms with van der Waals surface area (Å²) >= 11 is 1.77. The molecule has 0 unspecified atom stereocenters. The van der Waals surface area contributed by atoms with Crippen LogP contribution in [0.25, 0.3) is 10.9 Å². The third kappa shape index (κ3) is 2.85. The van der Waals surface area contributed by atoms with Gasteiger partial charge in [-0.3, -0.25) is 0 Å². The van der Waals surface area contributed by atoms with Gasteiger partial charge in [0.1, 0.15) is 0 Å². The first-order valence-corrected chi connectivity index (χ1v) is 9.69. The van der Waals surface area contributed by atoms with Gasteiger partial charge in [-0.25, -0.2) is 0 Å². The number of piperidine rings is 1. The molecule has 1 aliphatic rings. The Labute approximate surface area is 147 Å². The second-order valence-electron chi connectivity index (χ2n) is 6.50. The van der Waals surface area contributed by atoms with Gasteiger partial charge in [0.15, 0.2) is 5.88 Å². The number of benzene rings is 1. The van der Waals surface area contributed by atoms with Gasteiger partial charge in [-0.05, 0) is 66.7 Å². The molecule has 0 bridgehead atoms. The summed E-state index contributed by atoms with van der Waals surface area (Å²) in [7, 11) is 1.82. The Kier molecular flexibility index (Phi) is 4.58. The fourth-order valence-corrected chi connectivity index (χ4v) is 4.63. The minimum absolute atomic E-state index is 0.591. The van der Waals surface area contributed by atoms with E-state index in [9.17, 15) is 0 Å². The topological polar surface area (TPSA) is 26.2 Å². The maximum absolute atomic E-state index is 5.93. The molecular weight excluding hydrogens is 316 g/mol. The van der Waals surface area contributed by atoms with E-state index >= 15 is 0 Å². The van der Waals surface area contributed by atoms with Crippen LogP contribution in [0.1, 0.15) is 29.9 Å². The van der Waals surface area contributed by atoms with Crippen molar-refractivity contribution >= 4 is 22.2 Å². The lowest BCUT2D eigenvalue weighted by Gasteiger charge is -2.23. The van der Waals surface area contributed by atoms with Gasteiger partial charge in [-0.1, -0.05) is 18.2 Å². The number of ether oxygens (including phenoxy) is 1. The van der Waals surface area contributed by atoms with Gasteiger partial charge in [0.05, 0.1) is 12.6 Å². The maximum Gasteiger partial charge on any atom is 0.197 e. The average molecular weight is 340 g/mol. The fourth-order valence-electron chi connectivity index (χ4n) is 3.93. The van der Waals surface area contributed by atoms with E-state index in [4.69, 9.17) is 4.74 Å². The Hall–Kier alpha value is -1.78. The van der Waals surface area contributed by atoms with Gasteiger partial charge in [-0.15, -0.1) is 0 Å². The van der Waals surface area contributed by atoms with Crippen LogP contribution in [-0.2, 0) is 13.0 Å². The summed E-state index contributed by atoms with van der Waals surface area (Å²) in [4.78, 5) is 0. The summed E-state index contributed by atoms with van der Waals surface area (Å²) in [5, 5.41) is 9.24. The summed E-state index contributed by atoms with van der Waals surface area (Å²) in [6.45, 7) is 3.16. The summed E-state index contributed by atoms with van der Waals surface area (Å²) in [5.74, 6) is 1.66. The minimum Gasteiger partial charge on any atom is -0.482 e. The first-order chi connectivity index (χ1) is 11.9. The van der Waals surface area contributed by atoms with Crippen LogP contribution in [0.2, 0.25) is 0 Å². The number of nitrogens with zero attached hydrogens (tertiary/aromatic N) is 1. The first-order valence-electron chi connectivity index (χ1n) is 8.75. The number of hydrogen-bond acceptors (Lipinski definition) is 3. The summed E-state index contributed by atoms with van der Waals surface area (Å²) < 4.78 is 8.31. The number of hydrogen-bond donors (Lipinski definition) is 1. The third-order valence-corrected chi connectivity index (χ3v) is 5.84. The molecule has 4 rings (SSSR count). The maximum atomic E-state index is 5.93. The quantitative estimate of drug-likeness (QED) is 0.744. The molecule has 4 heteroatoms. The van der Waals surface area contributed by atoms with Crippen molar-refractivity contribution in [1.29, 1.82) is 0 Å². The summed E-state index contributed by atoms with van der Waals surface area (Å²) in [6, 6.07) is 11.0. The lowest BCUT2D eigenvalue weighted by atomic mass is 9.89. The SMILES string of the molecule is COc1c(C2CCNCC2)c2ccccc2n1CCc1ccsc1. The summed E-state index contributed by atoms with van der Waals surface area (Å²) in [6.07, 6.45) is 3.42. The van der Waals surface area contributed by atoms with Gasteiger partial charge in [-0.2, -0.15) is 11.3 Å². The number of rotatable bonds is 5. The van der Waals surface area contributed by atoms with E-state index in [0.717, 1.165) is 31.9 Å². The van der Waals surface area contributed by atoms with Crippen molar-refractivity contribution in [1.82, 2.24) is 9.88 Å². The zero-order chi connectivity index (χ0) is 16.4. The zero-order valence-corrected chi connectivity index (χ0v) is 14.9. The average Bonchev–Trinajstić information content (AvgIpc) is 3.26. The second kappa shape index (κ2) is 6.99. The molecule has 0 saturated carbocycles. The van der Waals surface area contributed by atoms with E-state index in [1.807, 2.05) is 7.11 Å². The molecule has 0 amide bonds. The standard InChI is InChI=1S/C20H24N2OS/c1-23-20-19(16-6-10-21-11-7-16)17-4-2-3-5-18(17)22(20)12-8-15-9-13-24-14-15/h2-5,9,13-14,16,21H,6-8,10-12H2,1H3. The van der Waals surface area contributed by atoms with Gasteiger partial charge >= 0.3 is 0 Å². The molecule has 1 saturated heterocycles. The number of aryl methyl sites for hydroxylation is 2. The summed E-state index contributed by atoms with van der Waals surface area (Å²) in [5.41, 5.74) is 4.13. The van der Waals surface area contributed by atoms with Crippen LogP contribution >= 0.6 is 11.3 Å². The molecular formula is C20H24N2OS. The number of methoxy groups -OCH3 is 1. The van der Waals surface area contributed by atoms with Crippen LogP contribution in [0, 0.1) is 0 Å². The van der Waals surface area contributed by atoms with Crippen LogP contribution < -0.4 is 10.1 Å². The van der Waals surface area contributed by atoms with E-state index in [1.165, 1.54) is 34.9 Å². The molecule has 2 aromatic heterocycles. The highest BCUT2D eigenvalue weighted by atomic mass is 32.1. The largest absolute Gasteiger partial charge is 0.482 e. The van der Waals surface area contributed by atoms with Crippen molar-refractivity contribution in [3.05, 3.63) is 52.2 Å². The Morgan fingerprint density at radius 2 is 2.04 bits per heavy atom. The molecule has 126 valence electrons. The highest BCUT2D eigenvalue weighted by Crippen LogP contribution is 2.41. The highest BCUT2D eigenvalue weighted by Gasteiger charge is 2.26. The molecule has 1 N–H and O–H groups in total. The van der Waals surface area contributed by atoms with Gasteiger partial charge < -0.3 is 14.6 Å². The lowest BCUT2D eigenvalue weighted by Crippen LogP contribution is -2.26. The van der Waals surface area contributed by atoms with Crippen LogP contribution in [0.3, 0.4) is 0 Å². The van der Waals surface area contributed by atoms with Crippen LogP contribution in [0.15, 0.2) is 41.1 Å². The number of thiophene rings is 1. The van der Waals surface area contributed by atoms with Crippen molar-refractivity contribution in [3.8, 4) is 5.88 Å². The predicted molar refractivity (Wildman–Crippen MR) is 101 cm³/mol. The monoisotopic (exact) mass is 340 g/mol. The van der Waals surface area contributed by atoms with Crippen LogP contribution in [-0.4, -0.2) is 24.8 Å². The molecule has 1 fully saturated rings. The van der Waals surface area contributed by atoms with Crippen LogP contribution in [0.5, 0.6) is 5.88 Å². The van der Waals surface area contributed by atoms with Crippen molar-refractivity contribution in [2.45, 2.75) is 31.7 Å². The molecule has 0 radical (unpaired) electrons. The Morgan fingerprint density at radius 1 is 1.21 bits per heavy atom. The number of nitrogens with one attached hydrogen (secondary N) is 1. The minimum atomic E-state index is 0.591. The number of para-hydroxylation sites is 1. The molecule has 0 spiro atoms. The van der Waals surface area contributed by atoms with Crippen LogP contribution in [0.4, 0.5) is 0 Å². The molecule has 3 nitrogen and oxygen atoms in total. The Bertz CT molecular complexity index is 801. The smallest absolute Gasteiger partial charge is 0.197 e. The van der Waals surface area contributed by atoms with E-state index in [0.29, 0.717) is 5.92 Å². The Balaban J connectivity index is 1.76. The van der Waals surface area contributed by atoms with E-state index < -0.39 is 0 Å². The molecule has 1 aromatic carbocycles. The van der Waals surface area contributed by atoms with Gasteiger partial charge in [0.25, 0.3) is 0 Å². The second-order valence-corrected chi connectivity index (χ2v) is 7.28. The van der Waals surface area contributed by atoms with Crippen molar-refractivity contribution in [3.63, 3.8) is 0 Å². The van der Waals surface area contributed by atoms with E-state index in [2.05, 4.69) is 51.0 Å². The van der Waals surface area contributed by atoms with Gasteiger partial charge in [0, 0.05) is 17.5 Å². The molecule has 0 atom stereocenters. The number of aromatic nitrogens is 1. The molecule has 24 heavy (non-hydrogen) atoms. The molecule has 0 aliphatic carbocycles. The predicted octanol–water partition coefficient (Wildman–Crippen LogP) is 4.42. The number of fused-ring (bicyclic) bond motifs is 1. The fraction of sp³-hybridized carbons (Fsp3) is 0.400. The lowest BCUT2D eigenvalue weighted by molar-refractivity contribution is 0.360. The normalized spacial score (nSPS) is 15.9.